The Morgan fingerprint density at radius 3 is 2.36 bits per heavy atom. The van der Waals surface area contributed by atoms with Gasteiger partial charge in [-0.15, -0.1) is 0 Å². The molecule has 1 aliphatic heterocycles. The summed E-state index contributed by atoms with van der Waals surface area (Å²) in [6.45, 7) is -3.05. The zero-order valence-corrected chi connectivity index (χ0v) is 16.3. The van der Waals surface area contributed by atoms with Crippen LogP contribution in [0.25, 0.3) is 6.08 Å². The van der Waals surface area contributed by atoms with Crippen LogP contribution in [0, 0.1) is 0 Å². The number of hydrogen-bond donors (Lipinski definition) is 0. The lowest BCUT2D eigenvalue weighted by Crippen LogP contribution is -2.06. The van der Waals surface area contributed by atoms with Crippen molar-refractivity contribution in [1.82, 2.24) is 0 Å². The van der Waals surface area contributed by atoms with Crippen LogP contribution in [0.3, 0.4) is 0 Å². The maximum Gasteiger partial charge on any atom is 0.387 e. The first kappa shape index (κ1) is 19.8. The van der Waals surface area contributed by atoms with Crippen molar-refractivity contribution in [3.05, 3.63) is 57.7 Å². The fourth-order valence-electron chi connectivity index (χ4n) is 2.51. The van der Waals surface area contributed by atoms with Gasteiger partial charge in [-0.05, 0) is 51.8 Å². The molecule has 0 spiro atoms. The van der Waals surface area contributed by atoms with Gasteiger partial charge >= 0.3 is 12.6 Å². The van der Waals surface area contributed by atoms with Gasteiger partial charge in [-0.2, -0.15) is 8.78 Å². The lowest BCUT2D eigenvalue weighted by atomic mass is 10.1. The lowest BCUT2D eigenvalue weighted by molar-refractivity contribution is -0.129. The van der Waals surface area contributed by atoms with Gasteiger partial charge in [0.25, 0.3) is 0 Å². The molecule has 0 radical (unpaired) electrons. The van der Waals surface area contributed by atoms with Gasteiger partial charge in [0.15, 0.2) is 17.2 Å². The van der Waals surface area contributed by atoms with Gasteiger partial charge in [0.1, 0.15) is 0 Å². The van der Waals surface area contributed by atoms with Crippen molar-refractivity contribution in [3.8, 4) is 17.2 Å². The largest absolute Gasteiger partial charge is 0.493 e. The highest BCUT2D eigenvalue weighted by Crippen LogP contribution is 2.40. The van der Waals surface area contributed by atoms with Gasteiger partial charge in [0.2, 0.25) is 11.6 Å². The third-order valence-electron chi connectivity index (χ3n) is 3.72. The van der Waals surface area contributed by atoms with Crippen LogP contribution in [-0.4, -0.2) is 32.7 Å². The lowest BCUT2D eigenvalue weighted by Gasteiger charge is -2.14. The summed E-state index contributed by atoms with van der Waals surface area (Å²) in [5, 5.41) is 0. The molecule has 1 heterocycles. The molecule has 0 saturated carbocycles. The van der Waals surface area contributed by atoms with Crippen molar-refractivity contribution >= 4 is 33.9 Å². The Morgan fingerprint density at radius 1 is 1.14 bits per heavy atom. The van der Waals surface area contributed by atoms with Crippen LogP contribution >= 0.6 is 15.9 Å². The molecule has 0 aromatic heterocycles. The number of halogens is 3. The Morgan fingerprint density at radius 2 is 1.79 bits per heavy atom. The van der Waals surface area contributed by atoms with Crippen molar-refractivity contribution in [3.63, 3.8) is 0 Å². The number of esters is 1. The number of carbonyl (C=O) groups excluding carboxylic acids is 1. The van der Waals surface area contributed by atoms with E-state index in [1.54, 1.807) is 18.2 Å². The van der Waals surface area contributed by atoms with E-state index in [1.807, 2.05) is 6.07 Å². The topological polar surface area (TPSA) is 66.4 Å². The molecular weight excluding hydrogens is 440 g/mol. The van der Waals surface area contributed by atoms with E-state index < -0.39 is 12.6 Å². The number of carbonyl (C=O) groups is 1. The van der Waals surface area contributed by atoms with Crippen LogP contribution in [-0.2, 0) is 9.53 Å². The number of ether oxygens (including phenoxy) is 4. The Kier molecular flexibility index (Phi) is 5.93. The maximum absolute atomic E-state index is 12.6. The normalized spacial score (nSPS) is 14.9. The van der Waals surface area contributed by atoms with Crippen molar-refractivity contribution in [2.24, 2.45) is 4.99 Å². The zero-order valence-electron chi connectivity index (χ0n) is 14.7. The fourth-order valence-corrected chi connectivity index (χ4v) is 2.96. The first-order valence-electron chi connectivity index (χ1n) is 7.91. The summed E-state index contributed by atoms with van der Waals surface area (Å²) in [6.07, 6.45) is 1.43. The number of benzene rings is 2. The van der Waals surface area contributed by atoms with E-state index in [0.717, 1.165) is 4.47 Å². The quantitative estimate of drug-likeness (QED) is 0.478. The summed E-state index contributed by atoms with van der Waals surface area (Å²) >= 11 is 3.38. The SMILES string of the molecule is COc1cc(C=C2N=C(c3ccccc3Br)OC2=O)cc(OC)c1OC(F)F. The number of rotatable bonds is 6. The number of aliphatic imine (C=N–C) groups is 1. The summed E-state index contributed by atoms with van der Waals surface area (Å²) in [6, 6.07) is 10.0. The molecule has 0 atom stereocenters. The third-order valence-corrected chi connectivity index (χ3v) is 4.41. The van der Waals surface area contributed by atoms with Crippen LogP contribution in [0.2, 0.25) is 0 Å². The van der Waals surface area contributed by atoms with E-state index in [9.17, 15) is 13.6 Å². The number of cyclic esters (lactones) is 1. The van der Waals surface area contributed by atoms with Crippen LogP contribution in [0.4, 0.5) is 8.78 Å². The highest BCUT2D eigenvalue weighted by molar-refractivity contribution is 9.10. The van der Waals surface area contributed by atoms with Gasteiger partial charge in [0.05, 0.1) is 19.8 Å². The van der Waals surface area contributed by atoms with Crippen LogP contribution in [0.15, 0.2) is 51.6 Å². The van der Waals surface area contributed by atoms with Gasteiger partial charge in [0, 0.05) is 4.47 Å². The van der Waals surface area contributed by atoms with E-state index in [0.29, 0.717) is 11.1 Å². The molecule has 2 aromatic rings. The summed E-state index contributed by atoms with van der Waals surface area (Å²) < 4.78 is 45.9. The molecule has 0 unspecified atom stereocenters. The Balaban J connectivity index is 2.01. The smallest absolute Gasteiger partial charge is 0.387 e. The number of methoxy groups -OCH3 is 2. The second-order valence-electron chi connectivity index (χ2n) is 5.45. The highest BCUT2D eigenvalue weighted by atomic mass is 79.9. The van der Waals surface area contributed by atoms with Crippen LogP contribution in [0.5, 0.6) is 17.2 Å². The Bertz CT molecular complexity index is 950. The summed E-state index contributed by atoms with van der Waals surface area (Å²) in [4.78, 5) is 16.4. The van der Waals surface area contributed by atoms with Crippen molar-refractivity contribution < 1.29 is 32.5 Å². The minimum atomic E-state index is -3.05. The summed E-state index contributed by atoms with van der Waals surface area (Å²) in [7, 11) is 2.61. The average Bonchev–Trinajstić information content (AvgIpc) is 3.02. The predicted molar refractivity (Wildman–Crippen MR) is 101 cm³/mol. The van der Waals surface area contributed by atoms with Gasteiger partial charge in [-0.3, -0.25) is 0 Å². The minimum Gasteiger partial charge on any atom is -0.493 e. The Hall–Kier alpha value is -2.94. The fraction of sp³-hybridized carbons (Fsp3) is 0.158. The molecular formula is C19H14BrF2NO5. The van der Waals surface area contributed by atoms with Crippen molar-refractivity contribution in [2.45, 2.75) is 6.61 Å². The first-order chi connectivity index (χ1) is 13.4. The molecule has 3 rings (SSSR count). The minimum absolute atomic E-state index is 0.0212. The molecule has 0 amide bonds. The van der Waals surface area contributed by atoms with E-state index in [1.165, 1.54) is 32.4 Å². The van der Waals surface area contributed by atoms with Gasteiger partial charge < -0.3 is 18.9 Å². The monoisotopic (exact) mass is 453 g/mol. The molecule has 0 aliphatic carbocycles. The van der Waals surface area contributed by atoms with E-state index >= 15 is 0 Å². The molecule has 9 heteroatoms. The van der Waals surface area contributed by atoms with Crippen molar-refractivity contribution in [1.29, 1.82) is 0 Å². The molecule has 1 aliphatic rings. The first-order valence-corrected chi connectivity index (χ1v) is 8.70. The zero-order chi connectivity index (χ0) is 20.3. The molecule has 0 N–H and O–H groups in total. The van der Waals surface area contributed by atoms with E-state index in [4.69, 9.17) is 14.2 Å². The standard InChI is InChI=1S/C19H14BrF2NO5/c1-25-14-8-10(9-15(26-2)16(14)27-19(21)22)7-13-18(24)28-17(23-13)11-5-3-4-6-12(11)20/h3-9,19H,1-2H3. The second kappa shape index (κ2) is 8.39. The third kappa shape index (κ3) is 4.14. The maximum atomic E-state index is 12.6. The number of alkyl halides is 2. The van der Waals surface area contributed by atoms with Gasteiger partial charge in [-0.25, -0.2) is 9.79 Å². The number of nitrogens with zero attached hydrogens (tertiary/aromatic N) is 1. The van der Waals surface area contributed by atoms with E-state index in [-0.39, 0.29) is 28.8 Å². The number of hydrogen-bond acceptors (Lipinski definition) is 6. The molecule has 0 bridgehead atoms. The molecule has 146 valence electrons. The molecule has 0 saturated heterocycles. The highest BCUT2D eigenvalue weighted by Gasteiger charge is 2.26. The second-order valence-corrected chi connectivity index (χ2v) is 6.30. The van der Waals surface area contributed by atoms with E-state index in [2.05, 4.69) is 25.7 Å². The Labute approximate surface area is 167 Å². The summed E-state index contributed by atoms with van der Waals surface area (Å²) in [5.41, 5.74) is 1.09. The average molecular weight is 454 g/mol. The molecule has 28 heavy (non-hydrogen) atoms. The van der Waals surface area contributed by atoms with Crippen LogP contribution < -0.4 is 14.2 Å². The van der Waals surface area contributed by atoms with Crippen molar-refractivity contribution in [2.75, 3.05) is 14.2 Å². The van der Waals surface area contributed by atoms with Crippen LogP contribution in [0.1, 0.15) is 11.1 Å². The van der Waals surface area contributed by atoms with Gasteiger partial charge in [-0.1, -0.05) is 12.1 Å². The molecule has 2 aromatic carbocycles. The molecule has 0 fully saturated rings. The summed E-state index contributed by atoms with van der Waals surface area (Å²) in [5.74, 6) is -0.689. The predicted octanol–water partition coefficient (Wildman–Crippen LogP) is 4.41. The molecule has 6 nitrogen and oxygen atoms in total.